The molecular formula is C17H26O2SSi. The molecule has 0 heterocycles. The minimum atomic E-state index is -1.67. The van der Waals surface area contributed by atoms with E-state index >= 15 is 0 Å². The number of rotatable bonds is 5. The Balaban J connectivity index is 2.42. The number of benzene rings is 1. The van der Waals surface area contributed by atoms with Gasteiger partial charge in [0.2, 0.25) is 0 Å². The second kappa shape index (κ2) is 6.27. The summed E-state index contributed by atoms with van der Waals surface area (Å²) in [7, 11) is 0.156. The van der Waals surface area contributed by atoms with Crippen molar-refractivity contribution in [2.24, 2.45) is 11.8 Å². The molecule has 3 atom stereocenters. The van der Waals surface area contributed by atoms with Gasteiger partial charge in [0.05, 0.1) is 8.07 Å². The van der Waals surface area contributed by atoms with Crippen LogP contribution in [0.3, 0.4) is 0 Å². The van der Waals surface area contributed by atoms with Crippen LogP contribution in [0.15, 0.2) is 35.2 Å². The molecule has 1 aromatic rings. The minimum Gasteiger partial charge on any atom is -0.371 e. The zero-order valence-corrected chi connectivity index (χ0v) is 15.5. The maximum absolute atomic E-state index is 12.1. The van der Waals surface area contributed by atoms with Crippen molar-refractivity contribution in [1.82, 2.24) is 0 Å². The highest BCUT2D eigenvalue weighted by Crippen LogP contribution is 2.52. The van der Waals surface area contributed by atoms with Crippen LogP contribution in [0.4, 0.5) is 0 Å². The lowest BCUT2D eigenvalue weighted by atomic mass is 9.98. The Labute approximate surface area is 133 Å². The molecule has 2 nitrogen and oxygen atoms in total. The van der Waals surface area contributed by atoms with Gasteiger partial charge in [0.25, 0.3) is 0 Å². The van der Waals surface area contributed by atoms with Crippen LogP contribution >= 0.6 is 11.8 Å². The maximum Gasteiger partial charge on any atom is 0.136 e. The second-order valence-corrected chi connectivity index (χ2v) is 13.8. The average molecular weight is 323 g/mol. The molecule has 0 amide bonds. The van der Waals surface area contributed by atoms with E-state index < -0.39 is 8.07 Å². The van der Waals surface area contributed by atoms with Gasteiger partial charge >= 0.3 is 0 Å². The summed E-state index contributed by atoms with van der Waals surface area (Å²) in [6, 6.07) is 10.4. The van der Waals surface area contributed by atoms with Crippen molar-refractivity contribution >= 4 is 25.6 Å². The van der Waals surface area contributed by atoms with Gasteiger partial charge in [-0.1, -0.05) is 56.5 Å². The number of hydrogen-bond donors (Lipinski definition) is 0. The van der Waals surface area contributed by atoms with Crippen molar-refractivity contribution in [2.45, 2.75) is 48.9 Å². The topological polar surface area (TPSA) is 26.3 Å². The lowest BCUT2D eigenvalue weighted by Gasteiger charge is -2.47. The molecule has 1 unspecified atom stereocenters. The van der Waals surface area contributed by atoms with Crippen molar-refractivity contribution in [2.75, 3.05) is 7.11 Å². The molecule has 21 heavy (non-hydrogen) atoms. The molecular weight excluding hydrogens is 296 g/mol. The fourth-order valence-corrected chi connectivity index (χ4v) is 8.36. The first-order chi connectivity index (χ1) is 9.82. The summed E-state index contributed by atoms with van der Waals surface area (Å²) in [5.41, 5.74) is 0. The van der Waals surface area contributed by atoms with Crippen LogP contribution in [-0.4, -0.2) is 25.5 Å². The lowest BCUT2D eigenvalue weighted by Crippen LogP contribution is -2.57. The Morgan fingerprint density at radius 3 is 2.29 bits per heavy atom. The number of ether oxygens (including phenoxy) is 1. The zero-order valence-electron chi connectivity index (χ0n) is 13.7. The molecule has 0 bridgehead atoms. The monoisotopic (exact) mass is 322 g/mol. The standard InChI is InChI=1S/C17H26O2SSi/c1-13-15(11-12-16(13)18)17(19-2,21(3,4)5)20-14-9-7-6-8-10-14/h6-10,13,15H,11-12H2,1-5H3/t13-,15+,17?/m0/s1. The molecule has 0 saturated heterocycles. The van der Waals surface area contributed by atoms with Crippen LogP contribution in [0.5, 0.6) is 0 Å². The van der Waals surface area contributed by atoms with Crippen molar-refractivity contribution in [3.63, 3.8) is 0 Å². The van der Waals surface area contributed by atoms with E-state index in [1.54, 1.807) is 0 Å². The SMILES string of the molecule is COC(Sc1ccccc1)([C@@H]1CCC(=O)[C@H]1C)[Si](C)(C)C. The van der Waals surface area contributed by atoms with Gasteiger partial charge in [-0.05, 0) is 18.6 Å². The minimum absolute atomic E-state index is 0.105. The summed E-state index contributed by atoms with van der Waals surface area (Å²) >= 11 is 1.83. The molecule has 0 spiro atoms. The van der Waals surface area contributed by atoms with Crippen LogP contribution in [0.2, 0.25) is 19.6 Å². The van der Waals surface area contributed by atoms with E-state index in [1.165, 1.54) is 4.90 Å². The highest BCUT2D eigenvalue weighted by atomic mass is 32.2. The fourth-order valence-electron chi connectivity index (χ4n) is 3.47. The third kappa shape index (κ3) is 3.12. The predicted molar refractivity (Wildman–Crippen MR) is 92.3 cm³/mol. The summed E-state index contributed by atoms with van der Waals surface area (Å²) in [5, 5.41) is 0. The van der Waals surface area contributed by atoms with Crippen LogP contribution in [-0.2, 0) is 9.53 Å². The third-order valence-corrected chi connectivity index (χ3v) is 10.8. The van der Waals surface area contributed by atoms with E-state index in [0.29, 0.717) is 18.1 Å². The summed E-state index contributed by atoms with van der Waals surface area (Å²) in [6.45, 7) is 9.13. The van der Waals surface area contributed by atoms with Crippen molar-refractivity contribution in [1.29, 1.82) is 0 Å². The van der Waals surface area contributed by atoms with Crippen molar-refractivity contribution in [3.8, 4) is 0 Å². The first kappa shape index (κ1) is 16.8. The highest BCUT2D eigenvalue weighted by Gasteiger charge is 2.55. The number of carbonyl (C=O) groups excluding carboxylic acids is 1. The van der Waals surface area contributed by atoms with E-state index in [-0.39, 0.29) is 10.5 Å². The Morgan fingerprint density at radius 2 is 1.86 bits per heavy atom. The Bertz CT molecular complexity index is 497. The second-order valence-electron chi connectivity index (χ2n) is 6.94. The predicted octanol–water partition coefficient (Wildman–Crippen LogP) is 4.61. The van der Waals surface area contributed by atoms with Gasteiger partial charge in [-0.15, -0.1) is 0 Å². The highest BCUT2D eigenvalue weighted by molar-refractivity contribution is 8.02. The Hall–Kier alpha value is -0.583. The van der Waals surface area contributed by atoms with Crippen molar-refractivity contribution in [3.05, 3.63) is 30.3 Å². The van der Waals surface area contributed by atoms with Crippen LogP contribution in [0.1, 0.15) is 19.8 Å². The average Bonchev–Trinajstić information content (AvgIpc) is 2.77. The van der Waals surface area contributed by atoms with Crippen LogP contribution in [0.25, 0.3) is 0 Å². The molecule has 0 aromatic heterocycles. The Morgan fingerprint density at radius 1 is 1.24 bits per heavy atom. The first-order valence-corrected chi connectivity index (χ1v) is 12.0. The number of methoxy groups -OCH3 is 1. The number of ketones is 1. The van der Waals surface area contributed by atoms with Crippen LogP contribution in [0, 0.1) is 11.8 Å². The number of hydrogen-bond acceptors (Lipinski definition) is 3. The first-order valence-electron chi connectivity index (χ1n) is 7.64. The van der Waals surface area contributed by atoms with Gasteiger partial charge in [-0.2, -0.15) is 0 Å². The number of Topliss-reactive ketones (excluding diaryl/α,β-unsaturated/α-hetero) is 1. The molecule has 1 aliphatic carbocycles. The van der Waals surface area contributed by atoms with E-state index in [2.05, 4.69) is 50.8 Å². The van der Waals surface area contributed by atoms with Gasteiger partial charge in [0.1, 0.15) is 10.3 Å². The summed E-state index contributed by atoms with van der Waals surface area (Å²) in [5.74, 6) is 0.813. The van der Waals surface area contributed by atoms with E-state index in [1.807, 2.05) is 24.9 Å². The van der Waals surface area contributed by atoms with E-state index in [0.717, 1.165) is 6.42 Å². The van der Waals surface area contributed by atoms with Gasteiger partial charge in [0.15, 0.2) is 0 Å². The molecule has 1 aliphatic rings. The van der Waals surface area contributed by atoms with Gasteiger partial charge in [-0.25, -0.2) is 0 Å². The summed E-state index contributed by atoms with van der Waals surface area (Å²) < 4.78 is 5.93. The quantitative estimate of drug-likeness (QED) is 0.450. The number of carbonyl (C=O) groups is 1. The number of thioether (sulfide) groups is 1. The fraction of sp³-hybridized carbons (Fsp3) is 0.588. The molecule has 4 heteroatoms. The molecule has 0 aliphatic heterocycles. The molecule has 0 radical (unpaired) electrons. The third-order valence-electron chi connectivity index (χ3n) is 4.66. The molecule has 1 saturated carbocycles. The van der Waals surface area contributed by atoms with E-state index in [4.69, 9.17) is 4.74 Å². The van der Waals surface area contributed by atoms with Gasteiger partial charge in [-0.3, -0.25) is 4.79 Å². The summed E-state index contributed by atoms with van der Waals surface area (Å²) in [4.78, 5) is 13.3. The molecule has 2 rings (SSSR count). The molecule has 116 valence electrons. The normalized spacial score (nSPS) is 25.9. The van der Waals surface area contributed by atoms with Crippen LogP contribution < -0.4 is 0 Å². The van der Waals surface area contributed by atoms with Gasteiger partial charge in [0, 0.05) is 30.3 Å². The van der Waals surface area contributed by atoms with Crippen molar-refractivity contribution < 1.29 is 9.53 Å². The maximum atomic E-state index is 12.1. The smallest absolute Gasteiger partial charge is 0.136 e. The molecule has 1 fully saturated rings. The molecule has 1 aromatic carbocycles. The largest absolute Gasteiger partial charge is 0.371 e. The summed E-state index contributed by atoms with van der Waals surface area (Å²) in [6.07, 6.45) is 1.66. The lowest BCUT2D eigenvalue weighted by molar-refractivity contribution is -0.121. The van der Waals surface area contributed by atoms with Gasteiger partial charge < -0.3 is 4.74 Å². The zero-order chi connectivity index (χ0) is 15.7. The van der Waals surface area contributed by atoms with E-state index in [9.17, 15) is 4.79 Å². The molecule has 0 N–H and O–H groups in total. The Kier molecular flexibility index (Phi) is 5.01.